The highest BCUT2D eigenvalue weighted by molar-refractivity contribution is 5.55. The first-order valence-corrected chi connectivity index (χ1v) is 8.70. The fourth-order valence-corrected chi connectivity index (χ4v) is 3.17. The van der Waals surface area contributed by atoms with Gasteiger partial charge in [-0.3, -0.25) is 4.90 Å². The van der Waals surface area contributed by atoms with Gasteiger partial charge in [0.1, 0.15) is 0 Å². The van der Waals surface area contributed by atoms with Crippen LogP contribution in [0.1, 0.15) is 11.1 Å². The van der Waals surface area contributed by atoms with E-state index in [2.05, 4.69) is 51.1 Å². The van der Waals surface area contributed by atoms with Crippen LogP contribution in [-0.4, -0.2) is 41.2 Å². The van der Waals surface area contributed by atoms with Crippen LogP contribution in [0, 0.1) is 6.92 Å². The molecular weight excluding hydrogens is 312 g/mol. The number of benzene rings is 2. The lowest BCUT2D eigenvalue weighted by Crippen LogP contribution is -2.46. The van der Waals surface area contributed by atoms with Crippen molar-refractivity contribution in [3.63, 3.8) is 0 Å². The predicted molar refractivity (Wildman–Crippen MR) is 98.4 cm³/mol. The molecule has 2 heterocycles. The van der Waals surface area contributed by atoms with Crippen molar-refractivity contribution in [1.29, 1.82) is 0 Å². The first-order chi connectivity index (χ1) is 12.3. The van der Waals surface area contributed by atoms with Crippen molar-refractivity contribution in [1.82, 2.24) is 15.0 Å². The van der Waals surface area contributed by atoms with Crippen molar-refractivity contribution in [2.24, 2.45) is 0 Å². The molecule has 1 aromatic heterocycles. The highest BCUT2D eigenvalue weighted by atomic mass is 16.5. The molecule has 0 saturated carbocycles. The maximum atomic E-state index is 5.48. The van der Waals surface area contributed by atoms with Gasteiger partial charge in [-0.1, -0.05) is 59.8 Å². The first kappa shape index (κ1) is 15.8. The average molecular weight is 334 g/mol. The van der Waals surface area contributed by atoms with Crippen LogP contribution < -0.4 is 4.90 Å². The van der Waals surface area contributed by atoms with Crippen LogP contribution in [0.25, 0.3) is 11.4 Å². The number of hydrogen-bond donors (Lipinski definition) is 0. The SMILES string of the molecule is Cc1ccccc1CN1CCN(c2nc(-c3ccccc3)no2)CC1. The van der Waals surface area contributed by atoms with Gasteiger partial charge in [-0.2, -0.15) is 4.98 Å². The second-order valence-corrected chi connectivity index (χ2v) is 6.46. The molecule has 1 aliphatic heterocycles. The maximum absolute atomic E-state index is 5.48. The molecule has 0 spiro atoms. The van der Waals surface area contributed by atoms with Gasteiger partial charge < -0.3 is 9.42 Å². The molecule has 0 amide bonds. The number of piperazine rings is 1. The summed E-state index contributed by atoms with van der Waals surface area (Å²) in [6.07, 6.45) is 0. The molecule has 5 heteroatoms. The van der Waals surface area contributed by atoms with Gasteiger partial charge in [-0.15, -0.1) is 0 Å². The third-order valence-electron chi connectivity index (χ3n) is 4.75. The lowest BCUT2D eigenvalue weighted by molar-refractivity contribution is 0.242. The van der Waals surface area contributed by atoms with E-state index in [1.54, 1.807) is 0 Å². The molecule has 0 radical (unpaired) electrons. The highest BCUT2D eigenvalue weighted by Crippen LogP contribution is 2.21. The Labute approximate surface area is 147 Å². The van der Waals surface area contributed by atoms with Crippen LogP contribution in [0.5, 0.6) is 0 Å². The predicted octanol–water partition coefficient (Wildman–Crippen LogP) is 3.37. The Morgan fingerprint density at radius 2 is 1.64 bits per heavy atom. The summed E-state index contributed by atoms with van der Waals surface area (Å²) in [5.41, 5.74) is 3.74. The molecule has 0 unspecified atom stereocenters. The number of rotatable bonds is 4. The minimum Gasteiger partial charge on any atom is -0.322 e. The standard InChI is InChI=1S/C20H22N4O/c1-16-7-5-6-10-18(16)15-23-11-13-24(14-12-23)20-21-19(22-25-20)17-8-3-2-4-9-17/h2-10H,11-15H2,1H3. The topological polar surface area (TPSA) is 45.4 Å². The molecular formula is C20H22N4O. The van der Waals surface area contributed by atoms with Gasteiger partial charge in [0.05, 0.1) is 0 Å². The molecule has 0 N–H and O–H groups in total. The van der Waals surface area contributed by atoms with E-state index < -0.39 is 0 Å². The second-order valence-electron chi connectivity index (χ2n) is 6.46. The Bertz CT molecular complexity index is 822. The molecule has 0 bridgehead atoms. The van der Waals surface area contributed by atoms with E-state index in [0.717, 1.165) is 38.3 Å². The zero-order valence-corrected chi connectivity index (χ0v) is 14.4. The minimum atomic E-state index is 0.620. The second kappa shape index (κ2) is 7.07. The fraction of sp³-hybridized carbons (Fsp3) is 0.300. The van der Waals surface area contributed by atoms with Crippen LogP contribution >= 0.6 is 0 Å². The van der Waals surface area contributed by atoms with Crippen molar-refractivity contribution < 1.29 is 4.52 Å². The molecule has 0 atom stereocenters. The smallest absolute Gasteiger partial charge is 0.322 e. The number of anilines is 1. The Morgan fingerprint density at radius 3 is 2.40 bits per heavy atom. The Hall–Kier alpha value is -2.66. The van der Waals surface area contributed by atoms with Crippen molar-refractivity contribution in [2.75, 3.05) is 31.1 Å². The van der Waals surface area contributed by atoms with Crippen molar-refractivity contribution in [3.8, 4) is 11.4 Å². The molecule has 3 aromatic rings. The first-order valence-electron chi connectivity index (χ1n) is 8.70. The van der Waals surface area contributed by atoms with Gasteiger partial charge in [0.25, 0.3) is 0 Å². The molecule has 1 fully saturated rings. The van der Waals surface area contributed by atoms with E-state index in [-0.39, 0.29) is 0 Å². The summed E-state index contributed by atoms with van der Waals surface area (Å²) in [6, 6.07) is 19.2. The largest absolute Gasteiger partial charge is 0.324 e. The summed E-state index contributed by atoms with van der Waals surface area (Å²) in [6.45, 7) is 6.98. The lowest BCUT2D eigenvalue weighted by Gasteiger charge is -2.33. The van der Waals surface area contributed by atoms with Crippen molar-refractivity contribution >= 4 is 6.01 Å². The van der Waals surface area contributed by atoms with Crippen LogP contribution in [0.3, 0.4) is 0 Å². The molecule has 0 aliphatic carbocycles. The van der Waals surface area contributed by atoms with E-state index in [0.29, 0.717) is 11.8 Å². The van der Waals surface area contributed by atoms with Gasteiger partial charge in [0.15, 0.2) is 0 Å². The minimum absolute atomic E-state index is 0.620. The van der Waals surface area contributed by atoms with Gasteiger partial charge in [-0.25, -0.2) is 0 Å². The third-order valence-corrected chi connectivity index (χ3v) is 4.75. The maximum Gasteiger partial charge on any atom is 0.324 e. The zero-order chi connectivity index (χ0) is 17.1. The lowest BCUT2D eigenvalue weighted by atomic mass is 10.1. The number of aromatic nitrogens is 2. The number of nitrogens with zero attached hydrogens (tertiary/aromatic N) is 4. The number of aryl methyl sites for hydroxylation is 1. The molecule has 5 nitrogen and oxygen atoms in total. The van der Waals surface area contributed by atoms with Crippen molar-refractivity contribution in [2.45, 2.75) is 13.5 Å². The van der Waals surface area contributed by atoms with E-state index >= 15 is 0 Å². The summed E-state index contributed by atoms with van der Waals surface area (Å²) < 4.78 is 5.48. The third kappa shape index (κ3) is 3.56. The zero-order valence-electron chi connectivity index (χ0n) is 14.4. The summed E-state index contributed by atoms with van der Waals surface area (Å²) in [5, 5.41) is 4.12. The highest BCUT2D eigenvalue weighted by Gasteiger charge is 2.22. The normalized spacial score (nSPS) is 15.5. The van der Waals surface area contributed by atoms with E-state index in [1.807, 2.05) is 30.3 Å². The monoisotopic (exact) mass is 334 g/mol. The van der Waals surface area contributed by atoms with Gasteiger partial charge in [-0.05, 0) is 18.1 Å². The summed E-state index contributed by atoms with van der Waals surface area (Å²) in [4.78, 5) is 9.21. The summed E-state index contributed by atoms with van der Waals surface area (Å²) in [5.74, 6) is 0.651. The quantitative estimate of drug-likeness (QED) is 0.732. The van der Waals surface area contributed by atoms with Gasteiger partial charge in [0.2, 0.25) is 5.82 Å². The Kier molecular flexibility index (Phi) is 4.48. The average Bonchev–Trinajstić information content (AvgIpc) is 3.15. The summed E-state index contributed by atoms with van der Waals surface area (Å²) in [7, 11) is 0. The molecule has 1 aliphatic rings. The Morgan fingerprint density at radius 1 is 0.920 bits per heavy atom. The van der Waals surface area contributed by atoms with Gasteiger partial charge in [0, 0.05) is 38.3 Å². The molecule has 4 rings (SSSR count). The van der Waals surface area contributed by atoms with Crippen LogP contribution in [-0.2, 0) is 6.54 Å². The van der Waals surface area contributed by atoms with E-state index in [4.69, 9.17) is 4.52 Å². The van der Waals surface area contributed by atoms with Crippen LogP contribution in [0.4, 0.5) is 6.01 Å². The molecule has 2 aromatic carbocycles. The van der Waals surface area contributed by atoms with Crippen LogP contribution in [0.15, 0.2) is 59.1 Å². The Balaban J connectivity index is 1.38. The fourth-order valence-electron chi connectivity index (χ4n) is 3.17. The van der Waals surface area contributed by atoms with Gasteiger partial charge >= 0.3 is 6.01 Å². The molecule has 1 saturated heterocycles. The molecule has 25 heavy (non-hydrogen) atoms. The van der Waals surface area contributed by atoms with E-state index in [1.165, 1.54) is 11.1 Å². The van der Waals surface area contributed by atoms with E-state index in [9.17, 15) is 0 Å². The molecule has 128 valence electrons. The van der Waals surface area contributed by atoms with Crippen LogP contribution in [0.2, 0.25) is 0 Å². The summed E-state index contributed by atoms with van der Waals surface area (Å²) >= 11 is 0. The van der Waals surface area contributed by atoms with Crippen molar-refractivity contribution in [3.05, 3.63) is 65.7 Å². The number of hydrogen-bond acceptors (Lipinski definition) is 5.